The van der Waals surface area contributed by atoms with E-state index in [2.05, 4.69) is 40.7 Å². The van der Waals surface area contributed by atoms with Crippen LogP contribution in [-0.4, -0.2) is 6.10 Å². The first-order valence-corrected chi connectivity index (χ1v) is 15.6. The molecular formula is C34H54N2O. The second-order valence-electron chi connectivity index (χ2n) is 14.5. The monoisotopic (exact) mass is 506 g/mol. The van der Waals surface area contributed by atoms with Crippen molar-refractivity contribution in [2.75, 3.05) is 11.5 Å². The number of anilines is 2. The van der Waals surface area contributed by atoms with E-state index in [0.717, 1.165) is 58.9 Å². The SMILES string of the molecule is CC(C)CCCC(C)C1CCC2C3CC=C4CC(OCc5cc(N)cc(N)c5)CCC4(C)C3CCC12C. The molecule has 3 nitrogen and oxygen atoms in total. The van der Waals surface area contributed by atoms with Gasteiger partial charge in [0.2, 0.25) is 0 Å². The molecule has 0 aromatic heterocycles. The molecule has 3 saturated carbocycles. The maximum atomic E-state index is 6.43. The summed E-state index contributed by atoms with van der Waals surface area (Å²) in [5, 5.41) is 0. The van der Waals surface area contributed by atoms with Crippen LogP contribution in [0.5, 0.6) is 0 Å². The summed E-state index contributed by atoms with van der Waals surface area (Å²) in [4.78, 5) is 0. The Morgan fingerprint density at radius 1 is 0.919 bits per heavy atom. The summed E-state index contributed by atoms with van der Waals surface area (Å²) < 4.78 is 6.43. The number of fused-ring (bicyclic) bond motifs is 5. The largest absolute Gasteiger partial charge is 0.399 e. The van der Waals surface area contributed by atoms with Crippen molar-refractivity contribution in [1.82, 2.24) is 0 Å². The van der Waals surface area contributed by atoms with Gasteiger partial charge in [-0.15, -0.1) is 0 Å². The molecule has 3 fully saturated rings. The summed E-state index contributed by atoms with van der Waals surface area (Å²) in [6.07, 6.45) is 18.0. The van der Waals surface area contributed by atoms with Gasteiger partial charge in [0.1, 0.15) is 0 Å². The van der Waals surface area contributed by atoms with Gasteiger partial charge in [-0.1, -0.05) is 65.5 Å². The van der Waals surface area contributed by atoms with Crippen LogP contribution in [0.4, 0.5) is 11.4 Å². The second-order valence-corrected chi connectivity index (χ2v) is 14.5. The van der Waals surface area contributed by atoms with Gasteiger partial charge in [-0.2, -0.15) is 0 Å². The summed E-state index contributed by atoms with van der Waals surface area (Å²) in [7, 11) is 0. The van der Waals surface area contributed by atoms with Crippen molar-refractivity contribution in [3.8, 4) is 0 Å². The zero-order valence-corrected chi connectivity index (χ0v) is 24.4. The topological polar surface area (TPSA) is 61.3 Å². The number of allylic oxidation sites excluding steroid dienone is 1. The zero-order valence-electron chi connectivity index (χ0n) is 24.4. The van der Waals surface area contributed by atoms with Gasteiger partial charge < -0.3 is 16.2 Å². The Labute approximate surface area is 227 Å². The Hall–Kier alpha value is -1.48. The molecular weight excluding hydrogens is 452 g/mol. The van der Waals surface area contributed by atoms with Crippen molar-refractivity contribution in [2.45, 2.75) is 118 Å². The van der Waals surface area contributed by atoms with E-state index in [1.807, 2.05) is 18.2 Å². The minimum Gasteiger partial charge on any atom is -0.399 e. The summed E-state index contributed by atoms with van der Waals surface area (Å²) in [5.74, 6) is 5.37. The van der Waals surface area contributed by atoms with Crippen LogP contribution in [0.3, 0.4) is 0 Å². The Bertz CT molecular complexity index is 964. The summed E-state index contributed by atoms with van der Waals surface area (Å²) in [5.41, 5.74) is 17.2. The van der Waals surface area contributed by atoms with E-state index in [-0.39, 0.29) is 0 Å². The molecule has 1 aromatic carbocycles. The summed E-state index contributed by atoms with van der Waals surface area (Å²) in [6.45, 7) is 13.3. The van der Waals surface area contributed by atoms with Crippen molar-refractivity contribution in [3.63, 3.8) is 0 Å². The summed E-state index contributed by atoms with van der Waals surface area (Å²) in [6, 6.07) is 5.80. The highest BCUT2D eigenvalue weighted by atomic mass is 16.5. The standard InChI is InChI=1S/C34H54N2O/c1-22(2)7-6-8-23(3)30-11-12-31-29-10-9-25-19-28(37-21-24-17-26(35)20-27(36)18-24)13-15-33(25,4)32(29)14-16-34(30,31)5/h9,17-18,20,22-23,28-32H,6-8,10-16,19,21,35-36H2,1-5H3. The lowest BCUT2D eigenvalue weighted by Gasteiger charge is -2.58. The molecule has 0 amide bonds. The second kappa shape index (κ2) is 10.6. The lowest BCUT2D eigenvalue weighted by Crippen LogP contribution is -2.51. The maximum Gasteiger partial charge on any atom is 0.0722 e. The minimum atomic E-state index is 0.315. The number of benzene rings is 1. The molecule has 4 aliphatic rings. The number of nitrogen functional groups attached to an aromatic ring is 2. The van der Waals surface area contributed by atoms with E-state index in [1.165, 1.54) is 64.2 Å². The molecule has 0 aliphatic heterocycles. The van der Waals surface area contributed by atoms with E-state index in [0.29, 0.717) is 23.5 Å². The highest BCUT2D eigenvalue weighted by molar-refractivity contribution is 5.54. The first-order valence-electron chi connectivity index (χ1n) is 15.6. The van der Waals surface area contributed by atoms with Crippen LogP contribution in [-0.2, 0) is 11.3 Å². The minimum absolute atomic E-state index is 0.315. The predicted molar refractivity (Wildman–Crippen MR) is 157 cm³/mol. The molecule has 37 heavy (non-hydrogen) atoms. The van der Waals surface area contributed by atoms with Crippen LogP contribution in [0.2, 0.25) is 0 Å². The Morgan fingerprint density at radius 2 is 1.68 bits per heavy atom. The lowest BCUT2D eigenvalue weighted by atomic mass is 9.47. The molecule has 8 atom stereocenters. The molecule has 3 heteroatoms. The van der Waals surface area contributed by atoms with Crippen LogP contribution >= 0.6 is 0 Å². The van der Waals surface area contributed by atoms with E-state index in [9.17, 15) is 0 Å². The number of rotatable bonds is 8. The normalized spacial score (nSPS) is 38.0. The molecule has 206 valence electrons. The number of nitrogens with two attached hydrogens (primary N) is 2. The maximum absolute atomic E-state index is 6.43. The average Bonchev–Trinajstić information content (AvgIpc) is 3.19. The smallest absolute Gasteiger partial charge is 0.0722 e. The highest BCUT2D eigenvalue weighted by Crippen LogP contribution is 2.67. The molecule has 0 heterocycles. The molecule has 0 spiro atoms. The van der Waals surface area contributed by atoms with Gasteiger partial charge in [0.25, 0.3) is 0 Å². The molecule has 0 saturated heterocycles. The third-order valence-corrected chi connectivity index (χ3v) is 11.8. The highest BCUT2D eigenvalue weighted by Gasteiger charge is 2.59. The number of ether oxygens (including phenoxy) is 1. The Kier molecular flexibility index (Phi) is 7.76. The van der Waals surface area contributed by atoms with Crippen molar-refractivity contribution < 1.29 is 4.74 Å². The van der Waals surface area contributed by atoms with E-state index in [1.54, 1.807) is 5.57 Å². The zero-order chi connectivity index (χ0) is 26.4. The first kappa shape index (κ1) is 27.1. The van der Waals surface area contributed by atoms with Crippen LogP contribution in [0.15, 0.2) is 29.8 Å². The number of hydrogen-bond acceptors (Lipinski definition) is 3. The van der Waals surface area contributed by atoms with Crippen molar-refractivity contribution in [3.05, 3.63) is 35.4 Å². The van der Waals surface area contributed by atoms with E-state index in [4.69, 9.17) is 16.2 Å². The molecule has 4 aliphatic carbocycles. The van der Waals surface area contributed by atoms with Gasteiger partial charge in [-0.25, -0.2) is 0 Å². The van der Waals surface area contributed by atoms with Crippen LogP contribution < -0.4 is 11.5 Å². The molecule has 0 radical (unpaired) electrons. The Balaban J connectivity index is 1.23. The fraction of sp³-hybridized carbons (Fsp3) is 0.765. The van der Waals surface area contributed by atoms with Gasteiger partial charge >= 0.3 is 0 Å². The van der Waals surface area contributed by atoms with Gasteiger partial charge in [0.15, 0.2) is 0 Å². The van der Waals surface area contributed by atoms with Crippen LogP contribution in [0, 0.1) is 46.3 Å². The van der Waals surface area contributed by atoms with Crippen molar-refractivity contribution in [2.24, 2.45) is 46.3 Å². The molecule has 8 unspecified atom stereocenters. The fourth-order valence-corrected chi connectivity index (χ4v) is 9.84. The number of hydrogen-bond donors (Lipinski definition) is 2. The average molecular weight is 507 g/mol. The third kappa shape index (κ3) is 5.23. The molecule has 1 aromatic rings. The third-order valence-electron chi connectivity index (χ3n) is 11.8. The van der Waals surface area contributed by atoms with Gasteiger partial charge in [-0.05, 0) is 121 Å². The quantitative estimate of drug-likeness (QED) is 0.273. The van der Waals surface area contributed by atoms with Gasteiger partial charge in [0.05, 0.1) is 12.7 Å². The van der Waals surface area contributed by atoms with Crippen LogP contribution in [0.25, 0.3) is 0 Å². The predicted octanol–water partition coefficient (Wildman–Crippen LogP) is 8.78. The van der Waals surface area contributed by atoms with Gasteiger partial charge in [-0.3, -0.25) is 0 Å². The lowest BCUT2D eigenvalue weighted by molar-refractivity contribution is -0.0656. The molecule has 4 N–H and O–H groups in total. The van der Waals surface area contributed by atoms with Gasteiger partial charge in [0, 0.05) is 11.4 Å². The van der Waals surface area contributed by atoms with E-state index < -0.39 is 0 Å². The van der Waals surface area contributed by atoms with Crippen molar-refractivity contribution in [1.29, 1.82) is 0 Å². The first-order chi connectivity index (χ1) is 17.6. The molecule has 5 rings (SSSR count). The van der Waals surface area contributed by atoms with Crippen LogP contribution in [0.1, 0.15) is 111 Å². The Morgan fingerprint density at radius 3 is 2.41 bits per heavy atom. The van der Waals surface area contributed by atoms with E-state index >= 15 is 0 Å². The van der Waals surface area contributed by atoms with Crippen molar-refractivity contribution >= 4 is 11.4 Å². The molecule has 0 bridgehead atoms. The summed E-state index contributed by atoms with van der Waals surface area (Å²) >= 11 is 0. The fourth-order valence-electron chi connectivity index (χ4n) is 9.84.